The lowest BCUT2D eigenvalue weighted by molar-refractivity contribution is 0.0493. The standard InChI is InChI=1S/C28H22N2O2/c31-28(24-17-15-22(16-18-24)21-9-3-1-4-10-21)32-20-19-30-26-14-8-7-13-25(26)29-27(30)23-11-5-2-6-12-23/h1-18H,19-20H2. The molecule has 0 saturated heterocycles. The van der Waals surface area contributed by atoms with Crippen molar-refractivity contribution in [2.45, 2.75) is 6.54 Å². The van der Waals surface area contributed by atoms with Gasteiger partial charge in [-0.15, -0.1) is 0 Å². The fourth-order valence-electron chi connectivity index (χ4n) is 3.85. The number of imidazole rings is 1. The Morgan fingerprint density at radius 1 is 0.688 bits per heavy atom. The molecule has 0 aliphatic carbocycles. The highest BCUT2D eigenvalue weighted by molar-refractivity contribution is 5.90. The SMILES string of the molecule is O=C(OCCn1c(-c2ccccc2)nc2ccccc21)c1ccc(-c2ccccc2)cc1. The van der Waals surface area contributed by atoms with Crippen molar-refractivity contribution in [2.24, 2.45) is 0 Å². The Morgan fingerprint density at radius 2 is 1.28 bits per heavy atom. The summed E-state index contributed by atoms with van der Waals surface area (Å²) in [5.41, 5.74) is 5.71. The lowest BCUT2D eigenvalue weighted by Crippen LogP contribution is -2.12. The van der Waals surface area contributed by atoms with Crippen LogP contribution < -0.4 is 0 Å². The quantitative estimate of drug-likeness (QED) is 0.307. The highest BCUT2D eigenvalue weighted by Gasteiger charge is 2.13. The Bertz CT molecular complexity index is 1340. The predicted molar refractivity (Wildman–Crippen MR) is 127 cm³/mol. The number of nitrogens with zero attached hydrogens (tertiary/aromatic N) is 2. The van der Waals surface area contributed by atoms with Crippen molar-refractivity contribution in [3.63, 3.8) is 0 Å². The Kier molecular flexibility index (Phi) is 5.50. The molecule has 0 saturated carbocycles. The first-order valence-corrected chi connectivity index (χ1v) is 10.6. The summed E-state index contributed by atoms with van der Waals surface area (Å²) in [5, 5.41) is 0. The number of aromatic nitrogens is 2. The maximum absolute atomic E-state index is 12.6. The largest absolute Gasteiger partial charge is 0.460 e. The van der Waals surface area contributed by atoms with Gasteiger partial charge in [0.15, 0.2) is 0 Å². The summed E-state index contributed by atoms with van der Waals surface area (Å²) in [6.07, 6.45) is 0. The molecule has 4 aromatic carbocycles. The van der Waals surface area contributed by atoms with Gasteiger partial charge in [0, 0.05) is 5.56 Å². The molecule has 4 heteroatoms. The van der Waals surface area contributed by atoms with Crippen molar-refractivity contribution >= 4 is 17.0 Å². The van der Waals surface area contributed by atoms with Crippen LogP contribution in [0.15, 0.2) is 109 Å². The van der Waals surface area contributed by atoms with E-state index in [1.54, 1.807) is 0 Å². The Morgan fingerprint density at radius 3 is 2.00 bits per heavy atom. The average molecular weight is 418 g/mol. The van der Waals surface area contributed by atoms with E-state index in [1.807, 2.05) is 109 Å². The topological polar surface area (TPSA) is 44.1 Å². The highest BCUT2D eigenvalue weighted by Crippen LogP contribution is 2.25. The molecule has 0 spiro atoms. The second kappa shape index (κ2) is 8.90. The lowest BCUT2D eigenvalue weighted by Gasteiger charge is -2.10. The molecule has 0 bridgehead atoms. The van der Waals surface area contributed by atoms with Gasteiger partial charge < -0.3 is 9.30 Å². The van der Waals surface area contributed by atoms with Crippen molar-refractivity contribution in [3.8, 4) is 22.5 Å². The van der Waals surface area contributed by atoms with E-state index in [9.17, 15) is 4.79 Å². The van der Waals surface area contributed by atoms with Crippen LogP contribution in [0.2, 0.25) is 0 Å². The Labute approximate surface area is 186 Å². The third-order valence-electron chi connectivity index (χ3n) is 5.46. The predicted octanol–water partition coefficient (Wildman–Crippen LogP) is 6.23. The van der Waals surface area contributed by atoms with E-state index in [0.717, 1.165) is 33.5 Å². The molecule has 0 radical (unpaired) electrons. The fourth-order valence-corrected chi connectivity index (χ4v) is 3.85. The van der Waals surface area contributed by atoms with E-state index in [4.69, 9.17) is 9.72 Å². The van der Waals surface area contributed by atoms with Crippen molar-refractivity contribution in [1.82, 2.24) is 9.55 Å². The molecule has 0 aliphatic heterocycles. The van der Waals surface area contributed by atoms with Crippen molar-refractivity contribution in [2.75, 3.05) is 6.61 Å². The van der Waals surface area contributed by atoms with E-state index in [1.165, 1.54) is 0 Å². The van der Waals surface area contributed by atoms with E-state index >= 15 is 0 Å². The molecule has 0 atom stereocenters. The molecule has 156 valence electrons. The molecule has 32 heavy (non-hydrogen) atoms. The first-order chi connectivity index (χ1) is 15.8. The Hall–Kier alpha value is -4.18. The second-order valence-corrected chi connectivity index (χ2v) is 7.52. The molecule has 4 nitrogen and oxygen atoms in total. The van der Waals surface area contributed by atoms with Crippen LogP contribution in [-0.2, 0) is 11.3 Å². The van der Waals surface area contributed by atoms with Crippen LogP contribution in [0.25, 0.3) is 33.5 Å². The minimum Gasteiger partial charge on any atom is -0.460 e. The van der Waals surface area contributed by atoms with Crippen LogP contribution in [-0.4, -0.2) is 22.1 Å². The summed E-state index contributed by atoms with van der Waals surface area (Å²) in [7, 11) is 0. The average Bonchev–Trinajstić information content (AvgIpc) is 3.24. The molecular weight excluding hydrogens is 396 g/mol. The van der Waals surface area contributed by atoms with Crippen LogP contribution in [0.5, 0.6) is 0 Å². The summed E-state index contributed by atoms with van der Waals surface area (Å²) < 4.78 is 7.71. The number of hydrogen-bond acceptors (Lipinski definition) is 3. The fraction of sp³-hybridized carbons (Fsp3) is 0.0714. The third-order valence-corrected chi connectivity index (χ3v) is 5.46. The smallest absolute Gasteiger partial charge is 0.338 e. The summed E-state index contributed by atoms with van der Waals surface area (Å²) in [6, 6.07) is 35.7. The van der Waals surface area contributed by atoms with Gasteiger partial charge in [-0.2, -0.15) is 0 Å². The first-order valence-electron chi connectivity index (χ1n) is 10.6. The minimum atomic E-state index is -0.324. The molecule has 5 aromatic rings. The number of fused-ring (bicyclic) bond motifs is 1. The molecule has 0 amide bonds. The zero-order valence-electron chi connectivity index (χ0n) is 17.5. The van der Waals surface area contributed by atoms with Gasteiger partial charge in [-0.3, -0.25) is 0 Å². The van der Waals surface area contributed by atoms with Crippen LogP contribution in [0, 0.1) is 0 Å². The van der Waals surface area contributed by atoms with Crippen molar-refractivity contribution in [3.05, 3.63) is 115 Å². The number of esters is 1. The lowest BCUT2D eigenvalue weighted by atomic mass is 10.0. The minimum absolute atomic E-state index is 0.263. The van der Waals surface area contributed by atoms with Gasteiger partial charge >= 0.3 is 5.97 Å². The third kappa shape index (κ3) is 4.03. The van der Waals surface area contributed by atoms with Gasteiger partial charge in [-0.1, -0.05) is 84.9 Å². The first kappa shape index (κ1) is 19.8. The number of benzene rings is 4. The second-order valence-electron chi connectivity index (χ2n) is 7.52. The van der Waals surface area contributed by atoms with Gasteiger partial charge in [0.1, 0.15) is 12.4 Å². The summed E-state index contributed by atoms with van der Waals surface area (Å²) in [4.78, 5) is 17.4. The van der Waals surface area contributed by atoms with Gasteiger partial charge in [0.2, 0.25) is 0 Å². The monoisotopic (exact) mass is 418 g/mol. The molecule has 1 heterocycles. The van der Waals surface area contributed by atoms with Crippen LogP contribution in [0.4, 0.5) is 0 Å². The van der Waals surface area contributed by atoms with Crippen LogP contribution in [0.1, 0.15) is 10.4 Å². The normalized spacial score (nSPS) is 10.9. The molecule has 0 N–H and O–H groups in total. The highest BCUT2D eigenvalue weighted by atomic mass is 16.5. The van der Waals surface area contributed by atoms with E-state index in [2.05, 4.69) is 4.57 Å². The van der Waals surface area contributed by atoms with Gasteiger partial charge in [0.05, 0.1) is 23.1 Å². The molecule has 1 aromatic heterocycles. The van der Waals surface area contributed by atoms with Gasteiger partial charge in [-0.05, 0) is 35.4 Å². The zero-order valence-corrected chi connectivity index (χ0v) is 17.5. The summed E-state index contributed by atoms with van der Waals surface area (Å²) in [5.74, 6) is 0.547. The summed E-state index contributed by atoms with van der Waals surface area (Å²) in [6.45, 7) is 0.790. The maximum Gasteiger partial charge on any atom is 0.338 e. The van der Waals surface area contributed by atoms with E-state index in [-0.39, 0.29) is 12.6 Å². The zero-order chi connectivity index (χ0) is 21.8. The number of carbonyl (C=O) groups excluding carboxylic acids is 1. The molecule has 0 unspecified atom stereocenters. The van der Waals surface area contributed by atoms with E-state index in [0.29, 0.717) is 12.1 Å². The van der Waals surface area contributed by atoms with Crippen molar-refractivity contribution < 1.29 is 9.53 Å². The number of hydrogen-bond donors (Lipinski definition) is 0. The van der Waals surface area contributed by atoms with Crippen LogP contribution in [0.3, 0.4) is 0 Å². The van der Waals surface area contributed by atoms with Gasteiger partial charge in [0.25, 0.3) is 0 Å². The number of rotatable bonds is 6. The number of para-hydroxylation sites is 2. The summed E-state index contributed by atoms with van der Waals surface area (Å²) >= 11 is 0. The van der Waals surface area contributed by atoms with Gasteiger partial charge in [-0.25, -0.2) is 9.78 Å². The van der Waals surface area contributed by atoms with E-state index < -0.39 is 0 Å². The van der Waals surface area contributed by atoms with Crippen LogP contribution >= 0.6 is 0 Å². The molecule has 0 aliphatic rings. The maximum atomic E-state index is 12.6. The molecule has 5 rings (SSSR count). The molecular formula is C28H22N2O2. The number of ether oxygens (including phenoxy) is 1. The Balaban J connectivity index is 1.31. The number of carbonyl (C=O) groups is 1. The molecule has 0 fully saturated rings. The van der Waals surface area contributed by atoms with Crippen molar-refractivity contribution in [1.29, 1.82) is 0 Å².